The zero-order valence-electron chi connectivity index (χ0n) is 12.7. The summed E-state index contributed by atoms with van der Waals surface area (Å²) >= 11 is 6.13. The monoisotopic (exact) mass is 334 g/mol. The number of nitrogens with one attached hydrogen (secondary N) is 1. The first-order valence-electron chi connectivity index (χ1n) is 7.20. The van der Waals surface area contributed by atoms with Gasteiger partial charge in [0.15, 0.2) is 11.5 Å². The van der Waals surface area contributed by atoms with Crippen molar-refractivity contribution in [1.29, 1.82) is 5.26 Å². The molecule has 0 aliphatic rings. The second kappa shape index (κ2) is 5.48. The third-order valence-electron chi connectivity index (χ3n) is 3.91. The highest BCUT2D eigenvalue weighted by Gasteiger charge is 2.15. The van der Waals surface area contributed by atoms with Crippen LogP contribution in [0.4, 0.5) is 0 Å². The summed E-state index contributed by atoms with van der Waals surface area (Å²) < 4.78 is 1.81. The number of hydrogen-bond acceptors (Lipinski definition) is 4. The maximum atomic E-state index is 9.53. The molecule has 24 heavy (non-hydrogen) atoms. The number of halogens is 1. The summed E-state index contributed by atoms with van der Waals surface area (Å²) in [5.41, 5.74) is 3.98. The molecule has 3 aromatic heterocycles. The van der Waals surface area contributed by atoms with Gasteiger partial charge in [0.1, 0.15) is 12.4 Å². The molecule has 1 aromatic carbocycles. The summed E-state index contributed by atoms with van der Waals surface area (Å²) in [6, 6.07) is 7.88. The molecule has 0 aliphatic heterocycles. The molecule has 0 bridgehead atoms. The fourth-order valence-corrected chi connectivity index (χ4v) is 2.89. The highest BCUT2D eigenvalue weighted by atomic mass is 35.5. The van der Waals surface area contributed by atoms with Gasteiger partial charge in [-0.15, -0.1) is 0 Å². The lowest BCUT2D eigenvalue weighted by Crippen LogP contribution is -1.95. The molecule has 0 amide bonds. The van der Waals surface area contributed by atoms with Gasteiger partial charge in [-0.2, -0.15) is 10.4 Å². The molecule has 0 fully saturated rings. The third kappa shape index (κ3) is 2.23. The molecule has 116 valence electrons. The maximum Gasteiger partial charge on any atom is 0.160 e. The van der Waals surface area contributed by atoms with Gasteiger partial charge in [-0.05, 0) is 30.2 Å². The Morgan fingerprint density at radius 1 is 1.21 bits per heavy atom. The van der Waals surface area contributed by atoms with Crippen LogP contribution in [0.15, 0.2) is 43.1 Å². The molecule has 0 radical (unpaired) electrons. The molecule has 7 heteroatoms. The van der Waals surface area contributed by atoms with E-state index < -0.39 is 0 Å². The van der Waals surface area contributed by atoms with Crippen LogP contribution in [-0.4, -0.2) is 24.7 Å². The van der Waals surface area contributed by atoms with E-state index in [1.165, 1.54) is 6.33 Å². The zero-order chi connectivity index (χ0) is 16.7. The van der Waals surface area contributed by atoms with Crippen molar-refractivity contribution in [2.24, 2.45) is 0 Å². The second-order valence-electron chi connectivity index (χ2n) is 5.39. The van der Waals surface area contributed by atoms with Gasteiger partial charge in [-0.25, -0.2) is 9.97 Å². The van der Waals surface area contributed by atoms with E-state index in [1.807, 2.05) is 35.9 Å². The Bertz CT molecular complexity index is 1100. The van der Waals surface area contributed by atoms with Crippen LogP contribution < -0.4 is 0 Å². The Hall–Kier alpha value is -3.17. The van der Waals surface area contributed by atoms with Crippen LogP contribution in [0.3, 0.4) is 0 Å². The summed E-state index contributed by atoms with van der Waals surface area (Å²) in [4.78, 5) is 8.46. The molecule has 0 saturated carbocycles. The summed E-state index contributed by atoms with van der Waals surface area (Å²) in [5, 5.41) is 17.8. The molecule has 0 atom stereocenters. The Morgan fingerprint density at radius 3 is 2.92 bits per heavy atom. The number of benzene rings is 1. The molecular weight excluding hydrogens is 324 g/mol. The first-order valence-corrected chi connectivity index (χ1v) is 7.58. The van der Waals surface area contributed by atoms with Crippen LogP contribution in [-0.2, 0) is 0 Å². The minimum absolute atomic E-state index is 0.552. The van der Waals surface area contributed by atoms with Gasteiger partial charge >= 0.3 is 0 Å². The van der Waals surface area contributed by atoms with Crippen molar-refractivity contribution in [3.05, 3.63) is 59.3 Å². The minimum atomic E-state index is 0.552. The van der Waals surface area contributed by atoms with E-state index in [0.717, 1.165) is 22.1 Å². The Kier molecular flexibility index (Phi) is 3.29. The molecule has 0 saturated heterocycles. The average Bonchev–Trinajstić information content (AvgIpc) is 3.23. The van der Waals surface area contributed by atoms with Gasteiger partial charge in [0.25, 0.3) is 0 Å². The smallest absolute Gasteiger partial charge is 0.160 e. The molecular formula is C17H11ClN6. The summed E-state index contributed by atoms with van der Waals surface area (Å²) in [5.74, 6) is 0.663. The summed E-state index contributed by atoms with van der Waals surface area (Å²) in [6.45, 7) is 1.99. The predicted octanol–water partition coefficient (Wildman–Crippen LogP) is 3.64. The van der Waals surface area contributed by atoms with Gasteiger partial charge in [0.05, 0.1) is 17.1 Å². The zero-order valence-corrected chi connectivity index (χ0v) is 13.4. The van der Waals surface area contributed by atoms with Crippen molar-refractivity contribution in [2.45, 2.75) is 6.92 Å². The molecule has 6 nitrogen and oxygen atoms in total. The van der Waals surface area contributed by atoms with E-state index in [1.54, 1.807) is 12.4 Å². The Morgan fingerprint density at radius 2 is 2.08 bits per heavy atom. The number of fused-ring (bicyclic) bond motifs is 1. The van der Waals surface area contributed by atoms with E-state index in [2.05, 4.69) is 26.2 Å². The van der Waals surface area contributed by atoms with Crippen LogP contribution in [0, 0.1) is 18.3 Å². The van der Waals surface area contributed by atoms with Gasteiger partial charge in [0.2, 0.25) is 0 Å². The fraction of sp³-hybridized carbons (Fsp3) is 0.0588. The largest absolute Gasteiger partial charge is 0.306 e. The van der Waals surface area contributed by atoms with Crippen LogP contribution in [0.5, 0.6) is 0 Å². The summed E-state index contributed by atoms with van der Waals surface area (Å²) in [6.07, 6.45) is 6.77. The molecule has 4 rings (SSSR count). The maximum absolute atomic E-state index is 9.53. The molecule has 0 aliphatic carbocycles. The normalized spacial score (nSPS) is 10.9. The standard InChI is InChI=1S/C17H11ClN6/c1-10-2-3-12(18)4-13(10)15-8-24(7-11(15)5-19)17-14-6-22-23-16(14)20-9-21-17/h2-4,6-9H,1H3,(H,20,21,22,23). The van der Waals surface area contributed by atoms with Crippen molar-refractivity contribution >= 4 is 22.6 Å². The van der Waals surface area contributed by atoms with Crippen molar-refractivity contribution in [2.75, 3.05) is 0 Å². The first-order chi connectivity index (χ1) is 11.7. The molecule has 3 heterocycles. The summed E-state index contributed by atoms with van der Waals surface area (Å²) in [7, 11) is 0. The first kappa shape index (κ1) is 14.4. The van der Waals surface area contributed by atoms with E-state index in [9.17, 15) is 5.26 Å². The minimum Gasteiger partial charge on any atom is -0.306 e. The topological polar surface area (TPSA) is 83.2 Å². The number of aromatic amines is 1. The van der Waals surface area contributed by atoms with E-state index in [0.29, 0.717) is 22.1 Å². The van der Waals surface area contributed by atoms with Crippen LogP contribution in [0.2, 0.25) is 5.02 Å². The molecule has 1 N–H and O–H groups in total. The van der Waals surface area contributed by atoms with Gasteiger partial charge in [0, 0.05) is 23.0 Å². The van der Waals surface area contributed by atoms with Crippen LogP contribution in [0.1, 0.15) is 11.1 Å². The van der Waals surface area contributed by atoms with Gasteiger partial charge < -0.3 is 4.57 Å². The van der Waals surface area contributed by atoms with Crippen molar-refractivity contribution in [1.82, 2.24) is 24.7 Å². The number of hydrogen-bond donors (Lipinski definition) is 1. The molecule has 0 unspecified atom stereocenters. The molecule has 0 spiro atoms. The van der Waals surface area contributed by atoms with E-state index in [-0.39, 0.29) is 0 Å². The van der Waals surface area contributed by atoms with Crippen molar-refractivity contribution < 1.29 is 0 Å². The number of nitriles is 1. The lowest BCUT2D eigenvalue weighted by atomic mass is 10.0. The van der Waals surface area contributed by atoms with E-state index in [4.69, 9.17) is 11.6 Å². The Balaban J connectivity index is 1.95. The van der Waals surface area contributed by atoms with Crippen molar-refractivity contribution in [3.63, 3.8) is 0 Å². The number of aromatic nitrogens is 5. The molecule has 4 aromatic rings. The average molecular weight is 335 g/mol. The Labute approximate surface area is 142 Å². The fourth-order valence-electron chi connectivity index (χ4n) is 2.72. The van der Waals surface area contributed by atoms with Gasteiger partial charge in [-0.3, -0.25) is 5.10 Å². The highest BCUT2D eigenvalue weighted by Crippen LogP contribution is 2.31. The highest BCUT2D eigenvalue weighted by molar-refractivity contribution is 6.30. The van der Waals surface area contributed by atoms with Crippen LogP contribution in [0.25, 0.3) is 28.0 Å². The SMILES string of the molecule is Cc1ccc(Cl)cc1-c1cn(-c2ncnc3[nH]ncc23)cc1C#N. The predicted molar refractivity (Wildman–Crippen MR) is 90.9 cm³/mol. The number of rotatable bonds is 2. The van der Waals surface area contributed by atoms with Gasteiger partial charge in [-0.1, -0.05) is 17.7 Å². The number of aryl methyl sites for hydroxylation is 1. The van der Waals surface area contributed by atoms with E-state index >= 15 is 0 Å². The lowest BCUT2D eigenvalue weighted by Gasteiger charge is -2.05. The lowest BCUT2D eigenvalue weighted by molar-refractivity contribution is 1.00. The van der Waals surface area contributed by atoms with Crippen LogP contribution >= 0.6 is 11.6 Å². The number of H-pyrrole nitrogens is 1. The quantitative estimate of drug-likeness (QED) is 0.606. The van der Waals surface area contributed by atoms with Crippen molar-refractivity contribution in [3.8, 4) is 23.0 Å². The number of nitrogens with zero attached hydrogens (tertiary/aromatic N) is 5. The third-order valence-corrected chi connectivity index (χ3v) is 4.14. The second-order valence-corrected chi connectivity index (χ2v) is 5.83.